The van der Waals surface area contributed by atoms with Crippen molar-refractivity contribution in [3.63, 3.8) is 0 Å². The molecule has 26 heavy (non-hydrogen) atoms. The van der Waals surface area contributed by atoms with Crippen LogP contribution in [0.5, 0.6) is 0 Å². The minimum Gasteiger partial charge on any atom is -0.327 e. The highest BCUT2D eigenvalue weighted by Gasteiger charge is 2.28. The smallest absolute Gasteiger partial charge is 0.279 e. The molecule has 2 saturated heterocycles. The van der Waals surface area contributed by atoms with Gasteiger partial charge in [-0.05, 0) is 37.5 Å². The Morgan fingerprint density at radius 2 is 1.85 bits per heavy atom. The fourth-order valence-corrected chi connectivity index (χ4v) is 5.87. The Labute approximate surface area is 156 Å². The number of piperidine rings is 1. The Bertz CT molecular complexity index is 734. The lowest BCUT2D eigenvalue weighted by Gasteiger charge is -2.31. The zero-order chi connectivity index (χ0) is 18.7. The van der Waals surface area contributed by atoms with Crippen LogP contribution < -0.4 is 10.2 Å². The number of nitrogens with one attached hydrogen (secondary N) is 2. The number of benzene rings is 1. The zero-order valence-corrected chi connectivity index (χ0v) is 16.5. The summed E-state index contributed by atoms with van der Waals surface area (Å²) in [6, 6.07) is 6.61. The highest BCUT2D eigenvalue weighted by molar-refractivity contribution is 7.89. The molecule has 1 aromatic carbocycles. The first-order valence-corrected chi connectivity index (χ1v) is 11.0. The third-order valence-electron chi connectivity index (χ3n) is 5.31. The molecule has 2 fully saturated rings. The Hall–Kier alpha value is -1.44. The van der Waals surface area contributed by atoms with Gasteiger partial charge in [0.1, 0.15) is 0 Å². The monoisotopic (exact) mass is 380 g/mol. The van der Waals surface area contributed by atoms with Crippen molar-refractivity contribution >= 4 is 21.6 Å². The van der Waals surface area contributed by atoms with Crippen molar-refractivity contribution in [1.82, 2.24) is 4.31 Å². The topological polar surface area (TPSA) is 70.9 Å². The summed E-state index contributed by atoms with van der Waals surface area (Å²) in [5.74, 6) is 1.21. The number of rotatable bonds is 5. The van der Waals surface area contributed by atoms with E-state index >= 15 is 0 Å². The minimum absolute atomic E-state index is 0.0583. The SMILES string of the molecule is C[C@H]1C[C@H](C)C[NH+](CC(=O)Nc2cccc(S(=O)(=O)N3CCCC3)c2)C1. The Balaban J connectivity index is 1.64. The second kappa shape index (κ2) is 8.06. The summed E-state index contributed by atoms with van der Waals surface area (Å²) in [6.45, 7) is 8.09. The van der Waals surface area contributed by atoms with Gasteiger partial charge in [-0.1, -0.05) is 19.9 Å². The van der Waals surface area contributed by atoms with Gasteiger partial charge in [0, 0.05) is 30.6 Å². The molecule has 2 aliphatic heterocycles. The molecule has 0 saturated carbocycles. The number of hydrogen-bond donors (Lipinski definition) is 2. The van der Waals surface area contributed by atoms with Crippen LogP contribution in [0.3, 0.4) is 0 Å². The maximum Gasteiger partial charge on any atom is 0.279 e. The lowest BCUT2D eigenvalue weighted by molar-refractivity contribution is -0.904. The molecule has 0 spiro atoms. The van der Waals surface area contributed by atoms with E-state index in [0.29, 0.717) is 37.2 Å². The van der Waals surface area contributed by atoms with Crippen molar-refractivity contribution < 1.29 is 18.1 Å². The summed E-state index contributed by atoms with van der Waals surface area (Å²) < 4.78 is 26.9. The van der Waals surface area contributed by atoms with E-state index < -0.39 is 10.0 Å². The molecule has 2 aliphatic rings. The Morgan fingerprint density at radius 3 is 2.50 bits per heavy atom. The van der Waals surface area contributed by atoms with Crippen molar-refractivity contribution in [2.75, 3.05) is 38.0 Å². The highest BCUT2D eigenvalue weighted by Crippen LogP contribution is 2.23. The Morgan fingerprint density at radius 1 is 1.19 bits per heavy atom. The molecule has 0 aromatic heterocycles. The predicted molar refractivity (Wildman–Crippen MR) is 102 cm³/mol. The first kappa shape index (κ1) is 19.3. The molecular formula is C19H30N3O3S+. The van der Waals surface area contributed by atoms with Crippen LogP contribution >= 0.6 is 0 Å². The number of hydrogen-bond acceptors (Lipinski definition) is 3. The van der Waals surface area contributed by atoms with Crippen LogP contribution in [0, 0.1) is 11.8 Å². The fourth-order valence-electron chi connectivity index (χ4n) is 4.31. The van der Waals surface area contributed by atoms with E-state index in [9.17, 15) is 13.2 Å². The first-order chi connectivity index (χ1) is 12.3. The molecule has 2 atom stereocenters. The number of anilines is 1. The van der Waals surface area contributed by atoms with Crippen LogP contribution in [-0.2, 0) is 14.8 Å². The van der Waals surface area contributed by atoms with E-state index in [1.54, 1.807) is 24.3 Å². The van der Waals surface area contributed by atoms with Gasteiger partial charge in [-0.3, -0.25) is 4.79 Å². The van der Waals surface area contributed by atoms with Crippen molar-refractivity contribution in [2.24, 2.45) is 11.8 Å². The van der Waals surface area contributed by atoms with E-state index in [4.69, 9.17) is 0 Å². The van der Waals surface area contributed by atoms with Crippen LogP contribution in [0.1, 0.15) is 33.1 Å². The first-order valence-electron chi connectivity index (χ1n) is 9.58. The molecule has 7 heteroatoms. The number of sulfonamides is 1. The summed E-state index contributed by atoms with van der Waals surface area (Å²) in [6.07, 6.45) is 3.04. The number of carbonyl (C=O) groups is 1. The van der Waals surface area contributed by atoms with E-state index in [0.717, 1.165) is 25.9 Å². The molecule has 0 unspecified atom stereocenters. The van der Waals surface area contributed by atoms with Gasteiger partial charge in [0.25, 0.3) is 5.91 Å². The van der Waals surface area contributed by atoms with Gasteiger partial charge in [-0.25, -0.2) is 8.42 Å². The number of quaternary nitrogens is 1. The summed E-state index contributed by atoms with van der Waals surface area (Å²) in [4.78, 5) is 14.0. The summed E-state index contributed by atoms with van der Waals surface area (Å²) in [7, 11) is -3.46. The van der Waals surface area contributed by atoms with Crippen molar-refractivity contribution in [3.8, 4) is 0 Å². The summed E-state index contributed by atoms with van der Waals surface area (Å²) in [5, 5.41) is 2.88. The van der Waals surface area contributed by atoms with Gasteiger partial charge in [-0.15, -0.1) is 0 Å². The fraction of sp³-hybridized carbons (Fsp3) is 0.632. The van der Waals surface area contributed by atoms with Crippen molar-refractivity contribution in [1.29, 1.82) is 0 Å². The standard InChI is InChI=1S/C19H29N3O3S/c1-15-10-16(2)13-21(12-15)14-19(23)20-17-6-5-7-18(11-17)26(24,25)22-8-3-4-9-22/h5-7,11,15-16H,3-4,8-10,12-14H2,1-2H3,(H,20,23)/p+1/t15-,16-/m0/s1. The lowest BCUT2D eigenvalue weighted by atomic mass is 9.92. The van der Waals surface area contributed by atoms with E-state index in [1.165, 1.54) is 15.6 Å². The average Bonchev–Trinajstić information content (AvgIpc) is 3.09. The normalized spacial score (nSPS) is 27.4. The second-order valence-corrected chi connectivity index (χ2v) is 9.91. The minimum atomic E-state index is -3.46. The largest absolute Gasteiger partial charge is 0.327 e. The molecule has 6 nitrogen and oxygen atoms in total. The van der Waals surface area contributed by atoms with Crippen molar-refractivity contribution in [2.45, 2.75) is 38.0 Å². The maximum absolute atomic E-state index is 12.7. The summed E-state index contributed by atoms with van der Waals surface area (Å²) >= 11 is 0. The van der Waals surface area contributed by atoms with Gasteiger partial charge in [-0.2, -0.15) is 4.31 Å². The van der Waals surface area contributed by atoms with Crippen LogP contribution in [0.25, 0.3) is 0 Å². The molecule has 1 aromatic rings. The molecule has 2 N–H and O–H groups in total. The van der Waals surface area contributed by atoms with Gasteiger partial charge in [0.05, 0.1) is 18.0 Å². The third-order valence-corrected chi connectivity index (χ3v) is 7.20. The maximum atomic E-state index is 12.7. The quantitative estimate of drug-likeness (QED) is 0.800. The number of nitrogens with zero attached hydrogens (tertiary/aromatic N) is 1. The predicted octanol–water partition coefficient (Wildman–Crippen LogP) is 0.970. The van der Waals surface area contributed by atoms with E-state index in [2.05, 4.69) is 19.2 Å². The van der Waals surface area contributed by atoms with Gasteiger partial charge < -0.3 is 10.2 Å². The number of amides is 1. The van der Waals surface area contributed by atoms with E-state index in [1.807, 2.05) is 0 Å². The average molecular weight is 381 g/mol. The Kier molecular flexibility index (Phi) is 5.99. The summed E-state index contributed by atoms with van der Waals surface area (Å²) in [5.41, 5.74) is 0.549. The molecule has 2 heterocycles. The number of likely N-dealkylation sites (tertiary alicyclic amines) is 1. The molecular weight excluding hydrogens is 350 g/mol. The highest BCUT2D eigenvalue weighted by atomic mass is 32.2. The van der Waals surface area contributed by atoms with Gasteiger partial charge in [0.2, 0.25) is 10.0 Å². The lowest BCUT2D eigenvalue weighted by Crippen LogP contribution is -3.15. The van der Waals surface area contributed by atoms with Crippen molar-refractivity contribution in [3.05, 3.63) is 24.3 Å². The number of carbonyl (C=O) groups excluding carboxylic acids is 1. The van der Waals surface area contributed by atoms with Crippen LogP contribution in [0.4, 0.5) is 5.69 Å². The van der Waals surface area contributed by atoms with Crippen LogP contribution in [-0.4, -0.2) is 51.4 Å². The van der Waals surface area contributed by atoms with Gasteiger partial charge in [0.15, 0.2) is 6.54 Å². The van der Waals surface area contributed by atoms with Crippen LogP contribution in [0.2, 0.25) is 0 Å². The van der Waals surface area contributed by atoms with Gasteiger partial charge >= 0.3 is 0 Å². The molecule has 144 valence electrons. The molecule has 0 bridgehead atoms. The molecule has 0 radical (unpaired) electrons. The molecule has 1 amide bonds. The molecule has 3 rings (SSSR count). The second-order valence-electron chi connectivity index (χ2n) is 7.97. The van der Waals surface area contributed by atoms with E-state index in [-0.39, 0.29) is 10.8 Å². The third kappa shape index (κ3) is 4.64. The van der Waals surface area contributed by atoms with Crippen LogP contribution in [0.15, 0.2) is 29.2 Å². The molecule has 0 aliphatic carbocycles. The zero-order valence-electron chi connectivity index (χ0n) is 15.7.